The van der Waals surface area contributed by atoms with Crippen molar-refractivity contribution in [3.8, 4) is 0 Å². The summed E-state index contributed by atoms with van der Waals surface area (Å²) in [6.45, 7) is 1.41. The number of carboxylic acid groups (broad SMARTS) is 1. The number of amides is 1. The third-order valence-electron chi connectivity index (χ3n) is 2.86. The molecule has 1 atom stereocenters. The van der Waals surface area contributed by atoms with Crippen molar-refractivity contribution >= 4 is 29.4 Å². The Kier molecular flexibility index (Phi) is 5.82. The number of thioether (sulfide) groups is 1. The molecule has 0 aliphatic rings. The molecule has 110 valence electrons. The van der Waals surface area contributed by atoms with E-state index in [1.54, 1.807) is 13.2 Å². The van der Waals surface area contributed by atoms with Crippen molar-refractivity contribution in [1.29, 1.82) is 0 Å². The summed E-state index contributed by atoms with van der Waals surface area (Å²) < 4.78 is 1.51. The lowest BCUT2D eigenvalue weighted by Crippen LogP contribution is -2.41. The van der Waals surface area contributed by atoms with Gasteiger partial charge in [-0.2, -0.15) is 11.8 Å². The molecule has 1 amide bonds. The molecule has 7 heteroatoms. The van der Waals surface area contributed by atoms with Gasteiger partial charge in [0.1, 0.15) is 11.7 Å². The quantitative estimate of drug-likeness (QED) is 0.738. The molecule has 0 aliphatic heterocycles. The highest BCUT2D eigenvalue weighted by molar-refractivity contribution is 7.98. The fraction of sp³-hybridized carbons (Fsp3) is 0.462. The van der Waals surface area contributed by atoms with Gasteiger partial charge in [-0.3, -0.25) is 9.59 Å². The smallest absolute Gasteiger partial charge is 0.326 e. The van der Waals surface area contributed by atoms with Crippen molar-refractivity contribution < 1.29 is 19.5 Å². The van der Waals surface area contributed by atoms with Crippen molar-refractivity contribution in [2.75, 3.05) is 12.0 Å². The van der Waals surface area contributed by atoms with Crippen LogP contribution in [0, 0.1) is 0 Å². The Balaban J connectivity index is 2.83. The number of Topliss-reactive ketones (excluding diaryl/α,β-unsaturated/α-hetero) is 1. The van der Waals surface area contributed by atoms with Crippen molar-refractivity contribution in [1.82, 2.24) is 9.88 Å². The average Bonchev–Trinajstić information content (AvgIpc) is 2.76. The number of carboxylic acids is 1. The van der Waals surface area contributed by atoms with Gasteiger partial charge in [0.25, 0.3) is 5.91 Å². The van der Waals surface area contributed by atoms with E-state index >= 15 is 0 Å². The summed E-state index contributed by atoms with van der Waals surface area (Å²) in [5.74, 6) is -1.05. The highest BCUT2D eigenvalue weighted by atomic mass is 32.2. The fourth-order valence-electron chi connectivity index (χ4n) is 1.71. The van der Waals surface area contributed by atoms with Gasteiger partial charge in [0, 0.05) is 18.8 Å². The van der Waals surface area contributed by atoms with Gasteiger partial charge in [-0.25, -0.2) is 4.79 Å². The number of aliphatic carboxylic acids is 1. The highest BCUT2D eigenvalue weighted by Gasteiger charge is 2.22. The number of carbonyl (C=O) groups is 3. The van der Waals surface area contributed by atoms with Crippen LogP contribution in [-0.2, 0) is 11.8 Å². The standard InChI is InChI=1S/C13H18N2O4S/c1-8(16)9-6-11(15(2)7-9)12(17)14-10(13(18)19)4-5-20-3/h6-7,10H,4-5H2,1-3H3,(H,14,17)(H,18,19)/t10-/m0/s1. The van der Waals surface area contributed by atoms with Crippen molar-refractivity contribution in [2.24, 2.45) is 7.05 Å². The minimum atomic E-state index is -1.06. The molecule has 0 radical (unpaired) electrons. The average molecular weight is 298 g/mol. The number of carbonyl (C=O) groups excluding carboxylic acids is 2. The molecule has 1 aromatic rings. The maximum atomic E-state index is 12.1. The van der Waals surface area contributed by atoms with Crippen LogP contribution in [0.1, 0.15) is 34.2 Å². The summed E-state index contributed by atoms with van der Waals surface area (Å²) in [6.07, 6.45) is 3.78. The zero-order chi connectivity index (χ0) is 15.3. The maximum Gasteiger partial charge on any atom is 0.326 e. The Morgan fingerprint density at radius 3 is 2.55 bits per heavy atom. The van der Waals surface area contributed by atoms with E-state index in [-0.39, 0.29) is 11.5 Å². The maximum absolute atomic E-state index is 12.1. The van der Waals surface area contributed by atoms with E-state index in [0.29, 0.717) is 17.7 Å². The molecule has 1 heterocycles. The van der Waals surface area contributed by atoms with Crippen LogP contribution in [0.2, 0.25) is 0 Å². The summed E-state index contributed by atoms with van der Waals surface area (Å²) in [4.78, 5) is 34.4. The van der Waals surface area contributed by atoms with Crippen molar-refractivity contribution in [2.45, 2.75) is 19.4 Å². The van der Waals surface area contributed by atoms with E-state index in [1.807, 2.05) is 6.26 Å². The number of hydrogen-bond acceptors (Lipinski definition) is 4. The predicted molar refractivity (Wildman–Crippen MR) is 77.3 cm³/mol. The fourth-order valence-corrected chi connectivity index (χ4v) is 2.18. The number of ketones is 1. The first-order valence-electron chi connectivity index (χ1n) is 6.06. The predicted octanol–water partition coefficient (Wildman–Crippen LogP) is 1.16. The van der Waals surface area contributed by atoms with E-state index in [9.17, 15) is 14.4 Å². The van der Waals surface area contributed by atoms with E-state index in [2.05, 4.69) is 5.32 Å². The van der Waals surface area contributed by atoms with E-state index in [1.165, 1.54) is 29.3 Å². The zero-order valence-corrected chi connectivity index (χ0v) is 12.5. The molecule has 6 nitrogen and oxygen atoms in total. The second kappa shape index (κ2) is 7.14. The molecule has 0 saturated heterocycles. The molecule has 0 spiro atoms. The van der Waals surface area contributed by atoms with Gasteiger partial charge in [0.2, 0.25) is 0 Å². The van der Waals surface area contributed by atoms with E-state index < -0.39 is 17.9 Å². The third kappa shape index (κ3) is 4.12. The van der Waals surface area contributed by atoms with Gasteiger partial charge in [-0.05, 0) is 31.4 Å². The van der Waals surface area contributed by atoms with Crippen molar-refractivity contribution in [3.63, 3.8) is 0 Å². The monoisotopic (exact) mass is 298 g/mol. The van der Waals surface area contributed by atoms with E-state index in [0.717, 1.165) is 0 Å². The van der Waals surface area contributed by atoms with Crippen molar-refractivity contribution in [3.05, 3.63) is 23.5 Å². The van der Waals surface area contributed by atoms with Crippen LogP contribution >= 0.6 is 11.8 Å². The minimum Gasteiger partial charge on any atom is -0.480 e. The molecule has 1 aromatic heterocycles. The summed E-state index contributed by atoms with van der Waals surface area (Å²) in [7, 11) is 1.64. The summed E-state index contributed by atoms with van der Waals surface area (Å²) in [6, 6.07) is 0.538. The Bertz CT molecular complexity index is 524. The van der Waals surface area contributed by atoms with Gasteiger partial charge in [0.15, 0.2) is 5.78 Å². The van der Waals surface area contributed by atoms with Gasteiger partial charge in [0.05, 0.1) is 0 Å². The van der Waals surface area contributed by atoms with Gasteiger partial charge >= 0.3 is 5.97 Å². The van der Waals surface area contributed by atoms with Gasteiger partial charge in [-0.15, -0.1) is 0 Å². The molecule has 0 unspecified atom stereocenters. The molecular weight excluding hydrogens is 280 g/mol. The lowest BCUT2D eigenvalue weighted by molar-refractivity contribution is -0.139. The zero-order valence-electron chi connectivity index (χ0n) is 11.7. The minimum absolute atomic E-state index is 0.142. The van der Waals surface area contributed by atoms with Gasteiger partial charge in [-0.1, -0.05) is 0 Å². The van der Waals surface area contributed by atoms with Crippen LogP contribution in [0.3, 0.4) is 0 Å². The normalized spacial score (nSPS) is 11.9. The SMILES string of the molecule is CSCC[C@H](NC(=O)c1cc(C(C)=O)cn1C)C(=O)O. The number of aromatic nitrogens is 1. The number of hydrogen-bond donors (Lipinski definition) is 2. The van der Waals surface area contributed by atoms with Crippen LogP contribution in [0.15, 0.2) is 12.3 Å². The Labute approximate surface area is 121 Å². The topological polar surface area (TPSA) is 88.4 Å². The van der Waals surface area contributed by atoms with Gasteiger partial charge < -0.3 is 15.0 Å². The molecular formula is C13H18N2O4S. The van der Waals surface area contributed by atoms with Crippen LogP contribution in [0.5, 0.6) is 0 Å². The molecule has 2 N–H and O–H groups in total. The number of aryl methyl sites for hydroxylation is 1. The Hall–Kier alpha value is -1.76. The summed E-state index contributed by atoms with van der Waals surface area (Å²) in [5, 5.41) is 11.6. The highest BCUT2D eigenvalue weighted by Crippen LogP contribution is 2.09. The Morgan fingerprint density at radius 2 is 2.10 bits per heavy atom. The largest absolute Gasteiger partial charge is 0.480 e. The second-order valence-electron chi connectivity index (χ2n) is 4.43. The molecule has 0 fully saturated rings. The van der Waals surface area contributed by atoms with Crippen LogP contribution in [0.4, 0.5) is 0 Å². The van der Waals surface area contributed by atoms with E-state index in [4.69, 9.17) is 5.11 Å². The molecule has 0 bridgehead atoms. The van der Waals surface area contributed by atoms with Crippen LogP contribution in [0.25, 0.3) is 0 Å². The van der Waals surface area contributed by atoms with Crippen LogP contribution < -0.4 is 5.32 Å². The molecule has 0 aliphatic carbocycles. The number of nitrogens with one attached hydrogen (secondary N) is 1. The Morgan fingerprint density at radius 1 is 1.45 bits per heavy atom. The molecule has 1 rings (SSSR count). The number of nitrogens with zero attached hydrogens (tertiary/aromatic N) is 1. The molecule has 0 aromatic carbocycles. The van der Waals surface area contributed by atoms with Crippen LogP contribution in [-0.4, -0.2) is 45.4 Å². The lowest BCUT2D eigenvalue weighted by Gasteiger charge is -2.14. The first-order chi connectivity index (χ1) is 9.36. The summed E-state index contributed by atoms with van der Waals surface area (Å²) in [5.41, 5.74) is 0.694. The molecule has 20 heavy (non-hydrogen) atoms. The second-order valence-corrected chi connectivity index (χ2v) is 5.41. The summed E-state index contributed by atoms with van der Waals surface area (Å²) >= 11 is 1.52. The lowest BCUT2D eigenvalue weighted by atomic mass is 10.2. The first kappa shape index (κ1) is 16.3. The first-order valence-corrected chi connectivity index (χ1v) is 7.46. The molecule has 0 saturated carbocycles. The number of rotatable bonds is 7. The third-order valence-corrected chi connectivity index (χ3v) is 3.50.